The summed E-state index contributed by atoms with van der Waals surface area (Å²) < 4.78 is 0. The van der Waals surface area contributed by atoms with Crippen molar-refractivity contribution in [2.45, 2.75) is 68.7 Å². The Kier molecular flexibility index (Phi) is 4.89. The van der Waals surface area contributed by atoms with Gasteiger partial charge in [-0.3, -0.25) is 0 Å². The molecular weight excluding hydrogens is 180 g/mol. The molecule has 0 rings (SSSR count). The molecule has 2 unspecified atom stereocenters. The van der Waals surface area contributed by atoms with E-state index in [0.717, 1.165) is 17.8 Å². The molecule has 0 aliphatic rings. The summed E-state index contributed by atoms with van der Waals surface area (Å²) in [5.74, 6) is 2.32. The van der Waals surface area contributed by atoms with Crippen LogP contribution in [-0.4, -0.2) is 0 Å². The van der Waals surface area contributed by atoms with Crippen LogP contribution in [0.4, 0.5) is 0 Å². The van der Waals surface area contributed by atoms with Gasteiger partial charge in [-0.25, -0.2) is 0 Å². The van der Waals surface area contributed by atoms with Crippen LogP contribution in [0, 0.1) is 28.6 Å². The van der Waals surface area contributed by atoms with Crippen molar-refractivity contribution in [2.75, 3.05) is 0 Å². The maximum absolute atomic E-state index is 2.45. The molecule has 0 aliphatic heterocycles. The summed E-state index contributed by atoms with van der Waals surface area (Å²) in [6, 6.07) is 0. The standard InChI is InChI=1S/C15H32/c1-10-12(4)14(6,7)15(8,9)13(5)11(2)3/h11-13H,10H2,1-9H3. The topological polar surface area (TPSA) is 0 Å². The van der Waals surface area contributed by atoms with Crippen LogP contribution in [0.2, 0.25) is 0 Å². The lowest BCUT2D eigenvalue weighted by Gasteiger charge is -2.51. The lowest BCUT2D eigenvalue weighted by atomic mass is 9.54. The van der Waals surface area contributed by atoms with Crippen LogP contribution < -0.4 is 0 Å². The summed E-state index contributed by atoms with van der Waals surface area (Å²) >= 11 is 0. The molecule has 2 atom stereocenters. The molecule has 0 aromatic carbocycles. The fourth-order valence-electron chi connectivity index (χ4n) is 2.57. The van der Waals surface area contributed by atoms with Crippen LogP contribution in [0.15, 0.2) is 0 Å². The Morgan fingerprint density at radius 2 is 1.20 bits per heavy atom. The summed E-state index contributed by atoms with van der Waals surface area (Å²) in [6.45, 7) is 21.6. The zero-order valence-corrected chi connectivity index (χ0v) is 12.4. The van der Waals surface area contributed by atoms with Gasteiger partial charge in [-0.15, -0.1) is 0 Å². The molecule has 0 radical (unpaired) electrons. The normalized spacial score (nSPS) is 18.0. The van der Waals surface area contributed by atoms with Gasteiger partial charge in [0.1, 0.15) is 0 Å². The third kappa shape index (κ3) is 2.77. The van der Waals surface area contributed by atoms with Crippen molar-refractivity contribution in [1.29, 1.82) is 0 Å². The first-order valence-electron chi connectivity index (χ1n) is 6.59. The van der Waals surface area contributed by atoms with Gasteiger partial charge in [0.2, 0.25) is 0 Å². The monoisotopic (exact) mass is 212 g/mol. The lowest BCUT2D eigenvalue weighted by Crippen LogP contribution is -2.43. The first-order valence-corrected chi connectivity index (χ1v) is 6.59. The van der Waals surface area contributed by atoms with Crippen molar-refractivity contribution < 1.29 is 0 Å². The molecule has 92 valence electrons. The highest BCUT2D eigenvalue weighted by molar-refractivity contribution is 4.93. The predicted octanol–water partition coefficient (Wildman–Crippen LogP) is 5.38. The average Bonchev–Trinajstić information content (AvgIpc) is 2.14. The van der Waals surface area contributed by atoms with Crippen molar-refractivity contribution in [3.8, 4) is 0 Å². The summed E-state index contributed by atoms with van der Waals surface area (Å²) in [5.41, 5.74) is 0.808. The van der Waals surface area contributed by atoms with E-state index < -0.39 is 0 Å². The van der Waals surface area contributed by atoms with E-state index in [0.29, 0.717) is 10.8 Å². The molecule has 0 bridgehead atoms. The molecule has 0 amide bonds. The van der Waals surface area contributed by atoms with Gasteiger partial charge in [-0.05, 0) is 28.6 Å². The van der Waals surface area contributed by atoms with Crippen LogP contribution in [0.5, 0.6) is 0 Å². The Morgan fingerprint density at radius 3 is 1.47 bits per heavy atom. The molecular formula is C15H32. The van der Waals surface area contributed by atoms with Crippen LogP contribution in [-0.2, 0) is 0 Å². The molecule has 0 N–H and O–H groups in total. The van der Waals surface area contributed by atoms with E-state index in [-0.39, 0.29) is 0 Å². The van der Waals surface area contributed by atoms with Gasteiger partial charge in [-0.1, -0.05) is 68.7 Å². The smallest absolute Gasteiger partial charge is 0.0272 e. The van der Waals surface area contributed by atoms with Crippen molar-refractivity contribution >= 4 is 0 Å². The van der Waals surface area contributed by atoms with Crippen molar-refractivity contribution in [3.63, 3.8) is 0 Å². The van der Waals surface area contributed by atoms with E-state index in [4.69, 9.17) is 0 Å². The fourth-order valence-corrected chi connectivity index (χ4v) is 2.57. The van der Waals surface area contributed by atoms with E-state index in [2.05, 4.69) is 62.3 Å². The van der Waals surface area contributed by atoms with Crippen LogP contribution in [0.3, 0.4) is 0 Å². The van der Waals surface area contributed by atoms with Gasteiger partial charge in [0.05, 0.1) is 0 Å². The van der Waals surface area contributed by atoms with Crippen molar-refractivity contribution in [3.05, 3.63) is 0 Å². The van der Waals surface area contributed by atoms with Gasteiger partial charge in [-0.2, -0.15) is 0 Å². The molecule has 0 heteroatoms. The molecule has 0 fully saturated rings. The minimum Gasteiger partial charge on any atom is -0.0651 e. The van der Waals surface area contributed by atoms with Crippen LogP contribution >= 0.6 is 0 Å². The maximum atomic E-state index is 2.45. The number of hydrogen-bond donors (Lipinski definition) is 0. The molecule has 0 aliphatic carbocycles. The largest absolute Gasteiger partial charge is 0.0651 e. The Balaban J connectivity index is 4.99. The SMILES string of the molecule is CCC(C)C(C)(C)C(C)(C)C(C)C(C)C. The van der Waals surface area contributed by atoms with Gasteiger partial charge in [0, 0.05) is 0 Å². The van der Waals surface area contributed by atoms with E-state index in [9.17, 15) is 0 Å². The number of hydrogen-bond acceptors (Lipinski definition) is 0. The van der Waals surface area contributed by atoms with Gasteiger partial charge >= 0.3 is 0 Å². The molecule has 0 saturated heterocycles. The quantitative estimate of drug-likeness (QED) is 0.574. The Hall–Kier alpha value is 0. The second-order valence-corrected chi connectivity index (χ2v) is 6.79. The Labute approximate surface area is 97.8 Å². The fraction of sp³-hybridized carbons (Fsp3) is 1.00. The van der Waals surface area contributed by atoms with Crippen molar-refractivity contribution in [2.24, 2.45) is 28.6 Å². The molecule has 0 spiro atoms. The molecule has 0 saturated carbocycles. The highest BCUT2D eigenvalue weighted by Gasteiger charge is 2.44. The first kappa shape index (κ1) is 15.0. The summed E-state index contributed by atoms with van der Waals surface area (Å²) in [5, 5.41) is 0. The van der Waals surface area contributed by atoms with Crippen molar-refractivity contribution in [1.82, 2.24) is 0 Å². The third-order valence-electron chi connectivity index (χ3n) is 5.64. The van der Waals surface area contributed by atoms with Gasteiger partial charge in [0.15, 0.2) is 0 Å². The minimum atomic E-state index is 0.399. The molecule has 0 nitrogen and oxygen atoms in total. The first-order chi connectivity index (χ1) is 6.59. The van der Waals surface area contributed by atoms with Gasteiger partial charge in [0.25, 0.3) is 0 Å². The zero-order valence-electron chi connectivity index (χ0n) is 12.4. The third-order valence-corrected chi connectivity index (χ3v) is 5.64. The summed E-state index contributed by atoms with van der Waals surface area (Å²) in [7, 11) is 0. The minimum absolute atomic E-state index is 0.399. The Bertz CT molecular complexity index is 186. The summed E-state index contributed by atoms with van der Waals surface area (Å²) in [4.78, 5) is 0. The van der Waals surface area contributed by atoms with Crippen LogP contribution in [0.1, 0.15) is 68.7 Å². The van der Waals surface area contributed by atoms with E-state index in [1.807, 2.05) is 0 Å². The average molecular weight is 212 g/mol. The lowest BCUT2D eigenvalue weighted by molar-refractivity contribution is -0.0181. The Morgan fingerprint density at radius 1 is 0.800 bits per heavy atom. The number of rotatable bonds is 5. The second kappa shape index (κ2) is 4.89. The second-order valence-electron chi connectivity index (χ2n) is 6.79. The molecule has 0 aromatic rings. The van der Waals surface area contributed by atoms with Crippen LogP contribution in [0.25, 0.3) is 0 Å². The predicted molar refractivity (Wildman–Crippen MR) is 71.0 cm³/mol. The van der Waals surface area contributed by atoms with E-state index in [1.54, 1.807) is 0 Å². The highest BCUT2D eigenvalue weighted by Crippen LogP contribution is 2.51. The highest BCUT2D eigenvalue weighted by atomic mass is 14.5. The van der Waals surface area contributed by atoms with E-state index >= 15 is 0 Å². The van der Waals surface area contributed by atoms with E-state index in [1.165, 1.54) is 6.42 Å². The molecule has 15 heavy (non-hydrogen) atoms. The van der Waals surface area contributed by atoms with Gasteiger partial charge < -0.3 is 0 Å². The summed E-state index contributed by atoms with van der Waals surface area (Å²) in [6.07, 6.45) is 1.28. The molecule has 0 heterocycles. The zero-order chi connectivity index (χ0) is 12.4. The maximum Gasteiger partial charge on any atom is -0.0272 e. The molecule has 0 aromatic heterocycles.